The lowest BCUT2D eigenvalue weighted by Crippen LogP contribution is -2.41. The van der Waals surface area contributed by atoms with Gasteiger partial charge in [0.1, 0.15) is 11.7 Å². The van der Waals surface area contributed by atoms with Crippen molar-refractivity contribution in [2.75, 3.05) is 0 Å². The molecule has 20 heavy (non-hydrogen) atoms. The van der Waals surface area contributed by atoms with Crippen LogP contribution in [0.2, 0.25) is 0 Å². The minimum Gasteiger partial charge on any atom is -0.480 e. The number of rotatable bonds is 9. The molecule has 0 radical (unpaired) electrons. The third kappa shape index (κ3) is 5.77. The molecule has 0 fully saturated rings. The summed E-state index contributed by atoms with van der Waals surface area (Å²) in [6, 6.07) is -0.869. The summed E-state index contributed by atoms with van der Waals surface area (Å²) >= 11 is 0. The first-order valence-electron chi connectivity index (χ1n) is 6.94. The number of carboxylic acid groups (broad SMARTS) is 1. The van der Waals surface area contributed by atoms with Crippen LogP contribution in [0.1, 0.15) is 55.9 Å². The molecule has 1 rings (SSSR count). The Kier molecular flexibility index (Phi) is 7.24. The highest BCUT2D eigenvalue weighted by Crippen LogP contribution is 2.08. The van der Waals surface area contributed by atoms with Gasteiger partial charge in [-0.15, -0.1) is 0 Å². The molecular formula is C14H21N3O3. The fourth-order valence-corrected chi connectivity index (χ4v) is 1.86. The lowest BCUT2D eigenvalue weighted by molar-refractivity contribution is -0.139. The number of nitrogens with zero attached hydrogens (tertiary/aromatic N) is 2. The second kappa shape index (κ2) is 9.01. The molecule has 6 nitrogen and oxygen atoms in total. The maximum absolute atomic E-state index is 11.8. The molecule has 1 atom stereocenters. The Morgan fingerprint density at radius 2 is 2.00 bits per heavy atom. The molecule has 6 heteroatoms. The number of hydrogen-bond acceptors (Lipinski definition) is 4. The maximum atomic E-state index is 11.8. The molecule has 1 amide bonds. The number of unbranched alkanes of at least 4 members (excludes halogenated alkanes) is 4. The number of amides is 1. The van der Waals surface area contributed by atoms with Crippen molar-refractivity contribution < 1.29 is 14.7 Å². The molecule has 0 spiro atoms. The van der Waals surface area contributed by atoms with E-state index in [0.29, 0.717) is 6.42 Å². The van der Waals surface area contributed by atoms with Crippen LogP contribution >= 0.6 is 0 Å². The van der Waals surface area contributed by atoms with E-state index in [0.717, 1.165) is 32.1 Å². The molecule has 0 saturated carbocycles. The monoisotopic (exact) mass is 279 g/mol. The van der Waals surface area contributed by atoms with Crippen molar-refractivity contribution in [2.24, 2.45) is 0 Å². The van der Waals surface area contributed by atoms with E-state index in [9.17, 15) is 9.59 Å². The van der Waals surface area contributed by atoms with Crippen LogP contribution < -0.4 is 5.32 Å². The molecule has 0 saturated heterocycles. The molecule has 0 bridgehead atoms. The molecule has 2 N–H and O–H groups in total. The Labute approximate surface area is 118 Å². The number of aliphatic carboxylic acids is 1. The first kappa shape index (κ1) is 16.1. The molecule has 0 aliphatic carbocycles. The number of carbonyl (C=O) groups is 2. The third-order valence-corrected chi connectivity index (χ3v) is 3.00. The smallest absolute Gasteiger partial charge is 0.326 e. The molecule has 1 aromatic heterocycles. The topological polar surface area (TPSA) is 92.2 Å². The van der Waals surface area contributed by atoms with Crippen molar-refractivity contribution in [3.63, 3.8) is 0 Å². The van der Waals surface area contributed by atoms with Gasteiger partial charge in [-0.2, -0.15) is 0 Å². The summed E-state index contributed by atoms with van der Waals surface area (Å²) in [5, 5.41) is 11.6. The standard InChI is InChI=1S/C14H21N3O3/c1-2-3-4-5-6-7-11(14(19)20)17-13(18)12-10-15-8-9-16-12/h8-11H,2-7H2,1H3,(H,17,18)(H,19,20). The predicted molar refractivity (Wildman–Crippen MR) is 74.3 cm³/mol. The van der Waals surface area contributed by atoms with Gasteiger partial charge in [0.15, 0.2) is 0 Å². The van der Waals surface area contributed by atoms with Gasteiger partial charge in [-0.25, -0.2) is 9.78 Å². The molecule has 0 aliphatic heterocycles. The minimum atomic E-state index is -1.02. The zero-order valence-electron chi connectivity index (χ0n) is 11.7. The SMILES string of the molecule is CCCCCCCC(NC(=O)c1cnccn1)C(=O)O. The number of carboxylic acids is 1. The Morgan fingerprint density at radius 1 is 1.25 bits per heavy atom. The molecule has 1 aromatic rings. The fourth-order valence-electron chi connectivity index (χ4n) is 1.86. The number of nitrogens with one attached hydrogen (secondary N) is 1. The highest BCUT2D eigenvalue weighted by atomic mass is 16.4. The van der Waals surface area contributed by atoms with Crippen molar-refractivity contribution in [3.05, 3.63) is 24.3 Å². The highest BCUT2D eigenvalue weighted by Gasteiger charge is 2.20. The van der Waals surface area contributed by atoms with E-state index in [1.54, 1.807) is 0 Å². The van der Waals surface area contributed by atoms with E-state index in [2.05, 4.69) is 22.2 Å². The van der Waals surface area contributed by atoms with Gasteiger partial charge in [0, 0.05) is 12.4 Å². The van der Waals surface area contributed by atoms with E-state index < -0.39 is 17.9 Å². The fraction of sp³-hybridized carbons (Fsp3) is 0.571. The minimum absolute atomic E-state index is 0.129. The van der Waals surface area contributed by atoms with Crippen LogP contribution in [0, 0.1) is 0 Å². The van der Waals surface area contributed by atoms with E-state index in [1.165, 1.54) is 18.6 Å². The van der Waals surface area contributed by atoms with Crippen LogP contribution in [0.25, 0.3) is 0 Å². The Morgan fingerprint density at radius 3 is 2.60 bits per heavy atom. The quantitative estimate of drug-likeness (QED) is 0.675. The summed E-state index contributed by atoms with van der Waals surface area (Å²) < 4.78 is 0. The average molecular weight is 279 g/mol. The summed E-state index contributed by atoms with van der Waals surface area (Å²) in [5.74, 6) is -1.52. The van der Waals surface area contributed by atoms with E-state index in [1.807, 2.05) is 0 Å². The van der Waals surface area contributed by atoms with Crippen LogP contribution in [0.15, 0.2) is 18.6 Å². The second-order valence-electron chi connectivity index (χ2n) is 4.66. The zero-order valence-corrected chi connectivity index (χ0v) is 11.7. The molecule has 1 heterocycles. The summed E-state index contributed by atoms with van der Waals surface area (Å²) in [6.07, 6.45) is 9.78. The molecule has 110 valence electrons. The Hall–Kier alpha value is -1.98. The van der Waals surface area contributed by atoms with Crippen molar-refractivity contribution in [2.45, 2.75) is 51.5 Å². The van der Waals surface area contributed by atoms with Gasteiger partial charge < -0.3 is 10.4 Å². The summed E-state index contributed by atoms with van der Waals surface area (Å²) in [4.78, 5) is 30.6. The lowest BCUT2D eigenvalue weighted by Gasteiger charge is -2.13. The predicted octanol–water partition coefficient (Wildman–Crippen LogP) is 2.02. The van der Waals surface area contributed by atoms with Gasteiger partial charge in [-0.05, 0) is 6.42 Å². The van der Waals surface area contributed by atoms with Crippen molar-refractivity contribution >= 4 is 11.9 Å². The first-order valence-corrected chi connectivity index (χ1v) is 6.94. The van der Waals surface area contributed by atoms with Crippen LogP contribution in [0.5, 0.6) is 0 Å². The summed E-state index contributed by atoms with van der Waals surface area (Å²) in [7, 11) is 0. The number of carbonyl (C=O) groups excluding carboxylic acids is 1. The number of hydrogen-bond donors (Lipinski definition) is 2. The van der Waals surface area contributed by atoms with E-state index in [4.69, 9.17) is 5.11 Å². The number of aromatic nitrogens is 2. The third-order valence-electron chi connectivity index (χ3n) is 3.00. The van der Waals surface area contributed by atoms with E-state index >= 15 is 0 Å². The Bertz CT molecular complexity index is 423. The van der Waals surface area contributed by atoms with Gasteiger partial charge in [0.05, 0.1) is 6.20 Å². The van der Waals surface area contributed by atoms with E-state index in [-0.39, 0.29) is 5.69 Å². The van der Waals surface area contributed by atoms with Gasteiger partial charge in [0.25, 0.3) is 5.91 Å². The maximum Gasteiger partial charge on any atom is 0.326 e. The molecule has 0 aromatic carbocycles. The lowest BCUT2D eigenvalue weighted by atomic mass is 10.1. The molecule has 0 aliphatic rings. The normalized spacial score (nSPS) is 11.8. The second-order valence-corrected chi connectivity index (χ2v) is 4.66. The van der Waals surface area contributed by atoms with Gasteiger partial charge in [-0.3, -0.25) is 9.78 Å². The Balaban J connectivity index is 2.43. The van der Waals surface area contributed by atoms with Gasteiger partial charge >= 0.3 is 5.97 Å². The van der Waals surface area contributed by atoms with Gasteiger partial charge in [0.2, 0.25) is 0 Å². The highest BCUT2D eigenvalue weighted by molar-refractivity contribution is 5.94. The van der Waals surface area contributed by atoms with Crippen molar-refractivity contribution in [1.29, 1.82) is 0 Å². The largest absolute Gasteiger partial charge is 0.480 e. The van der Waals surface area contributed by atoms with Crippen molar-refractivity contribution in [3.8, 4) is 0 Å². The average Bonchev–Trinajstić information content (AvgIpc) is 2.46. The summed E-state index contributed by atoms with van der Waals surface area (Å²) in [6.45, 7) is 2.13. The van der Waals surface area contributed by atoms with Crippen LogP contribution in [0.3, 0.4) is 0 Å². The molecular weight excluding hydrogens is 258 g/mol. The molecule has 1 unspecified atom stereocenters. The van der Waals surface area contributed by atoms with Crippen LogP contribution in [0.4, 0.5) is 0 Å². The summed E-state index contributed by atoms with van der Waals surface area (Å²) in [5.41, 5.74) is 0.129. The van der Waals surface area contributed by atoms with Gasteiger partial charge in [-0.1, -0.05) is 39.0 Å². The first-order chi connectivity index (χ1) is 9.65. The van der Waals surface area contributed by atoms with Crippen LogP contribution in [-0.4, -0.2) is 33.0 Å². The van der Waals surface area contributed by atoms with Crippen molar-refractivity contribution in [1.82, 2.24) is 15.3 Å². The van der Waals surface area contributed by atoms with Crippen LogP contribution in [-0.2, 0) is 4.79 Å². The zero-order chi connectivity index (χ0) is 14.8.